The Morgan fingerprint density at radius 1 is 1.38 bits per heavy atom. The van der Waals surface area contributed by atoms with Crippen molar-refractivity contribution in [1.29, 1.82) is 0 Å². The largest absolute Gasteiger partial charge is 0.490 e. The molecule has 4 nitrogen and oxygen atoms in total. The number of imidazole rings is 1. The molecule has 0 fully saturated rings. The molecule has 0 aliphatic heterocycles. The Labute approximate surface area is 134 Å². The number of halogens is 1. The van der Waals surface area contributed by atoms with Crippen molar-refractivity contribution in [3.63, 3.8) is 0 Å². The predicted octanol–water partition coefficient (Wildman–Crippen LogP) is 3.53. The predicted molar refractivity (Wildman–Crippen MR) is 88.6 cm³/mol. The van der Waals surface area contributed by atoms with Gasteiger partial charge in [0, 0.05) is 30.5 Å². The van der Waals surface area contributed by atoms with E-state index in [1.165, 1.54) is 5.56 Å². The van der Waals surface area contributed by atoms with Crippen LogP contribution in [0.2, 0.25) is 0 Å². The topological polar surface area (TPSA) is 39.1 Å². The Morgan fingerprint density at radius 3 is 2.86 bits per heavy atom. The highest BCUT2D eigenvalue weighted by Gasteiger charge is 2.09. The molecule has 5 heteroatoms. The average Bonchev–Trinajstić information content (AvgIpc) is 2.84. The van der Waals surface area contributed by atoms with Crippen molar-refractivity contribution in [3.8, 4) is 5.75 Å². The summed E-state index contributed by atoms with van der Waals surface area (Å²) in [5.41, 5.74) is 1.17. The molecule has 21 heavy (non-hydrogen) atoms. The number of nitrogens with one attached hydrogen (secondary N) is 1. The summed E-state index contributed by atoms with van der Waals surface area (Å²) in [7, 11) is 0. The van der Waals surface area contributed by atoms with E-state index in [1.54, 1.807) is 0 Å². The SMILES string of the molecule is Cc1nccn1CCOc1c(Br)cccc1CNC(C)C. The summed E-state index contributed by atoms with van der Waals surface area (Å²) < 4.78 is 9.07. The van der Waals surface area contributed by atoms with Gasteiger partial charge in [-0.25, -0.2) is 4.98 Å². The normalized spacial score (nSPS) is 11.1. The van der Waals surface area contributed by atoms with E-state index in [-0.39, 0.29) is 0 Å². The molecule has 1 aromatic heterocycles. The summed E-state index contributed by atoms with van der Waals surface area (Å²) in [6.07, 6.45) is 3.78. The van der Waals surface area contributed by atoms with Crippen LogP contribution in [-0.4, -0.2) is 22.2 Å². The van der Waals surface area contributed by atoms with Crippen LogP contribution in [0.4, 0.5) is 0 Å². The molecule has 1 heterocycles. The number of nitrogens with zero attached hydrogens (tertiary/aromatic N) is 2. The fourth-order valence-electron chi connectivity index (χ4n) is 2.05. The lowest BCUT2D eigenvalue weighted by Gasteiger charge is -2.15. The van der Waals surface area contributed by atoms with Gasteiger partial charge in [-0.05, 0) is 28.9 Å². The first-order valence-electron chi connectivity index (χ1n) is 7.19. The van der Waals surface area contributed by atoms with Crippen LogP contribution in [0.15, 0.2) is 35.1 Å². The summed E-state index contributed by atoms with van der Waals surface area (Å²) >= 11 is 3.58. The first-order valence-corrected chi connectivity index (χ1v) is 7.98. The van der Waals surface area contributed by atoms with Gasteiger partial charge in [0.2, 0.25) is 0 Å². The van der Waals surface area contributed by atoms with Crippen molar-refractivity contribution in [2.75, 3.05) is 6.61 Å². The Balaban J connectivity index is 1.99. The van der Waals surface area contributed by atoms with Crippen molar-refractivity contribution in [1.82, 2.24) is 14.9 Å². The van der Waals surface area contributed by atoms with Crippen molar-refractivity contribution in [2.24, 2.45) is 0 Å². The van der Waals surface area contributed by atoms with Crippen LogP contribution < -0.4 is 10.1 Å². The molecule has 0 aliphatic carbocycles. The van der Waals surface area contributed by atoms with Gasteiger partial charge in [0.1, 0.15) is 18.2 Å². The van der Waals surface area contributed by atoms with Gasteiger partial charge in [-0.3, -0.25) is 0 Å². The molecule has 0 aliphatic rings. The lowest BCUT2D eigenvalue weighted by Crippen LogP contribution is -2.22. The lowest BCUT2D eigenvalue weighted by atomic mass is 10.2. The zero-order chi connectivity index (χ0) is 15.2. The van der Waals surface area contributed by atoms with E-state index in [2.05, 4.69) is 50.7 Å². The van der Waals surface area contributed by atoms with Crippen molar-refractivity contribution < 1.29 is 4.74 Å². The average molecular weight is 352 g/mol. The highest BCUT2D eigenvalue weighted by molar-refractivity contribution is 9.10. The van der Waals surface area contributed by atoms with Crippen LogP contribution in [0.3, 0.4) is 0 Å². The second kappa shape index (κ2) is 7.61. The summed E-state index contributed by atoms with van der Waals surface area (Å²) in [4.78, 5) is 4.21. The summed E-state index contributed by atoms with van der Waals surface area (Å²) in [5.74, 6) is 1.93. The molecule has 2 aromatic rings. The molecule has 114 valence electrons. The highest BCUT2D eigenvalue weighted by atomic mass is 79.9. The molecule has 0 unspecified atom stereocenters. The van der Waals surface area contributed by atoms with Crippen molar-refractivity contribution in [2.45, 2.75) is 39.9 Å². The number of hydrogen-bond donors (Lipinski definition) is 1. The van der Waals surface area contributed by atoms with Crippen molar-refractivity contribution in [3.05, 3.63) is 46.5 Å². The monoisotopic (exact) mass is 351 g/mol. The zero-order valence-corrected chi connectivity index (χ0v) is 14.4. The molecular weight excluding hydrogens is 330 g/mol. The fraction of sp³-hybridized carbons (Fsp3) is 0.438. The van der Waals surface area contributed by atoms with E-state index in [0.717, 1.165) is 29.1 Å². The molecule has 2 rings (SSSR count). The van der Waals surface area contributed by atoms with Crippen LogP contribution in [0, 0.1) is 6.92 Å². The number of hydrogen-bond acceptors (Lipinski definition) is 3. The third-order valence-corrected chi connectivity index (χ3v) is 3.88. The molecule has 1 aromatic carbocycles. The van der Waals surface area contributed by atoms with Crippen LogP contribution in [0.5, 0.6) is 5.75 Å². The Bertz CT molecular complexity index is 581. The standard InChI is InChI=1S/C16H22BrN3O/c1-12(2)19-11-14-5-4-6-15(17)16(14)21-10-9-20-8-7-18-13(20)3/h4-8,12,19H,9-11H2,1-3H3. The van der Waals surface area contributed by atoms with Gasteiger partial charge >= 0.3 is 0 Å². The van der Waals surface area contributed by atoms with Gasteiger partial charge in [-0.2, -0.15) is 0 Å². The summed E-state index contributed by atoms with van der Waals surface area (Å²) in [6, 6.07) is 6.59. The molecule has 1 N–H and O–H groups in total. The van der Waals surface area contributed by atoms with Gasteiger partial charge < -0.3 is 14.6 Å². The molecule has 0 spiro atoms. The maximum Gasteiger partial charge on any atom is 0.138 e. The van der Waals surface area contributed by atoms with Gasteiger partial charge in [0.25, 0.3) is 0 Å². The lowest BCUT2D eigenvalue weighted by molar-refractivity contribution is 0.291. The second-order valence-electron chi connectivity index (χ2n) is 5.28. The smallest absolute Gasteiger partial charge is 0.138 e. The number of para-hydroxylation sites is 1. The third-order valence-electron chi connectivity index (χ3n) is 3.25. The third kappa shape index (κ3) is 4.58. The first kappa shape index (κ1) is 16.0. The second-order valence-corrected chi connectivity index (χ2v) is 6.13. The molecule has 0 bridgehead atoms. The molecule has 0 atom stereocenters. The van der Waals surface area contributed by atoms with E-state index < -0.39 is 0 Å². The van der Waals surface area contributed by atoms with E-state index in [9.17, 15) is 0 Å². The molecular formula is C16H22BrN3O. The van der Waals surface area contributed by atoms with Crippen LogP contribution in [-0.2, 0) is 13.1 Å². The number of aromatic nitrogens is 2. The number of benzene rings is 1. The highest BCUT2D eigenvalue weighted by Crippen LogP contribution is 2.29. The minimum atomic E-state index is 0.449. The molecule has 0 amide bonds. The van der Waals surface area contributed by atoms with E-state index in [1.807, 2.05) is 31.5 Å². The van der Waals surface area contributed by atoms with Crippen LogP contribution in [0.1, 0.15) is 25.2 Å². The first-order chi connectivity index (χ1) is 10.1. The Hall–Kier alpha value is -1.33. The number of rotatable bonds is 7. The van der Waals surface area contributed by atoms with E-state index in [0.29, 0.717) is 12.6 Å². The van der Waals surface area contributed by atoms with Gasteiger partial charge in [-0.1, -0.05) is 26.0 Å². The number of aryl methyl sites for hydroxylation is 1. The van der Waals surface area contributed by atoms with Crippen LogP contribution in [0.25, 0.3) is 0 Å². The maximum atomic E-state index is 5.99. The zero-order valence-electron chi connectivity index (χ0n) is 12.8. The van der Waals surface area contributed by atoms with E-state index >= 15 is 0 Å². The van der Waals surface area contributed by atoms with Gasteiger partial charge in [-0.15, -0.1) is 0 Å². The van der Waals surface area contributed by atoms with Crippen molar-refractivity contribution >= 4 is 15.9 Å². The number of ether oxygens (including phenoxy) is 1. The van der Waals surface area contributed by atoms with E-state index in [4.69, 9.17) is 4.74 Å². The van der Waals surface area contributed by atoms with Gasteiger partial charge in [0.05, 0.1) is 11.0 Å². The summed E-state index contributed by atoms with van der Waals surface area (Å²) in [5, 5.41) is 3.43. The van der Waals surface area contributed by atoms with Gasteiger partial charge in [0.15, 0.2) is 0 Å². The molecule has 0 saturated carbocycles. The van der Waals surface area contributed by atoms with Crippen LogP contribution >= 0.6 is 15.9 Å². The Kier molecular flexibility index (Phi) is 5.82. The maximum absolute atomic E-state index is 5.99. The quantitative estimate of drug-likeness (QED) is 0.829. The molecule has 0 radical (unpaired) electrons. The molecule has 0 saturated heterocycles. The Morgan fingerprint density at radius 2 is 2.19 bits per heavy atom. The minimum absolute atomic E-state index is 0.449. The summed E-state index contributed by atoms with van der Waals surface area (Å²) in [6.45, 7) is 8.49. The fourth-order valence-corrected chi connectivity index (χ4v) is 2.58. The minimum Gasteiger partial charge on any atom is -0.490 e.